The van der Waals surface area contributed by atoms with E-state index in [9.17, 15) is 0 Å². The van der Waals surface area contributed by atoms with Crippen molar-refractivity contribution in [3.63, 3.8) is 0 Å². The molecule has 0 atom stereocenters. The first-order valence-corrected chi connectivity index (χ1v) is 2.48. The number of hydrogen-bond acceptors (Lipinski definition) is 7. The predicted molar refractivity (Wildman–Crippen MR) is 35.5 cm³/mol. The molecule has 1 rings (SSSR count). The molecule has 0 bridgehead atoms. The van der Waals surface area contributed by atoms with Gasteiger partial charge in [-0.2, -0.15) is 9.98 Å². The van der Waals surface area contributed by atoms with Gasteiger partial charge in [-0.25, -0.2) is 0 Å². The van der Waals surface area contributed by atoms with Crippen LogP contribution in [0.1, 0.15) is 0 Å². The molecule has 0 aromatic rings. The monoisotopic (exact) mass is 144 g/mol. The number of aliphatic imine (C=N–C) groups is 2. The van der Waals surface area contributed by atoms with Crippen LogP contribution in [0.3, 0.4) is 0 Å². The second-order valence-electron chi connectivity index (χ2n) is 1.81. The molecule has 56 valence electrons. The maximum absolute atomic E-state index is 8.92. The zero-order valence-corrected chi connectivity index (χ0v) is 5.07. The van der Waals surface area contributed by atoms with E-state index in [1.807, 2.05) is 0 Å². The van der Waals surface area contributed by atoms with Crippen LogP contribution in [0.4, 0.5) is 0 Å². The largest absolute Gasteiger partial charge is 0.369 e. The van der Waals surface area contributed by atoms with E-state index in [-0.39, 0.29) is 11.9 Å². The normalized spacial score (nSPS) is 22.6. The van der Waals surface area contributed by atoms with Gasteiger partial charge in [0.2, 0.25) is 11.9 Å². The number of guanidine groups is 2. The lowest BCUT2D eigenvalue weighted by Crippen LogP contribution is -2.52. The molecule has 1 heterocycles. The Labute approximate surface area is 56.6 Å². The molecule has 0 fully saturated rings. The second kappa shape index (κ2) is 1.82. The first-order chi connectivity index (χ1) is 4.49. The van der Waals surface area contributed by atoms with E-state index in [1.54, 1.807) is 0 Å². The second-order valence-corrected chi connectivity index (χ2v) is 1.81. The van der Waals surface area contributed by atoms with Crippen LogP contribution in [-0.2, 0) is 0 Å². The molecule has 0 amide bonds. The Morgan fingerprint density at radius 1 is 1.30 bits per heavy atom. The molecular formula is C3H8N6O. The van der Waals surface area contributed by atoms with Crippen molar-refractivity contribution in [3.05, 3.63) is 0 Å². The molecule has 0 saturated heterocycles. The van der Waals surface area contributed by atoms with E-state index in [1.165, 1.54) is 0 Å². The number of nitrogens with two attached hydrogens (primary N) is 3. The number of hydrogen-bond donors (Lipinski definition) is 5. The van der Waals surface area contributed by atoms with Gasteiger partial charge in [-0.1, -0.05) is 0 Å². The number of rotatable bonds is 0. The number of nitrogens with zero attached hydrogens (tertiary/aromatic N) is 2. The Hall–Kier alpha value is -1.34. The van der Waals surface area contributed by atoms with Crippen molar-refractivity contribution in [2.75, 3.05) is 0 Å². The van der Waals surface area contributed by atoms with Gasteiger partial charge >= 0.3 is 5.97 Å². The van der Waals surface area contributed by atoms with Crippen LogP contribution in [0.15, 0.2) is 9.98 Å². The highest BCUT2D eigenvalue weighted by atomic mass is 16.3. The van der Waals surface area contributed by atoms with E-state index < -0.39 is 5.97 Å². The van der Waals surface area contributed by atoms with Crippen molar-refractivity contribution < 1.29 is 5.11 Å². The van der Waals surface area contributed by atoms with Gasteiger partial charge in [-0.3, -0.25) is 11.1 Å². The molecule has 10 heavy (non-hydrogen) atoms. The van der Waals surface area contributed by atoms with Gasteiger partial charge in [0, 0.05) is 0 Å². The van der Waals surface area contributed by atoms with Crippen LogP contribution in [0, 0.1) is 0 Å². The van der Waals surface area contributed by atoms with E-state index in [0.717, 1.165) is 0 Å². The predicted octanol–water partition coefficient (Wildman–Crippen LogP) is -3.22. The molecule has 0 aliphatic carbocycles. The van der Waals surface area contributed by atoms with E-state index >= 15 is 0 Å². The fourth-order valence-electron chi connectivity index (χ4n) is 0.567. The molecule has 0 aromatic heterocycles. The first kappa shape index (κ1) is 6.78. The Bertz CT molecular complexity index is 185. The van der Waals surface area contributed by atoms with Crippen molar-refractivity contribution in [1.82, 2.24) is 5.32 Å². The summed E-state index contributed by atoms with van der Waals surface area (Å²) in [5.74, 6) is -2.13. The summed E-state index contributed by atoms with van der Waals surface area (Å²) < 4.78 is 0. The summed E-state index contributed by atoms with van der Waals surface area (Å²) in [6.07, 6.45) is 0. The van der Waals surface area contributed by atoms with Crippen molar-refractivity contribution in [1.29, 1.82) is 0 Å². The highest BCUT2D eigenvalue weighted by Crippen LogP contribution is 2.00. The third-order valence-corrected chi connectivity index (χ3v) is 0.826. The van der Waals surface area contributed by atoms with Crippen molar-refractivity contribution in [2.24, 2.45) is 27.2 Å². The van der Waals surface area contributed by atoms with E-state index in [4.69, 9.17) is 22.3 Å². The standard InChI is InChI=1S/C3H8N6O/c4-1-7-2(5)9-3(6,10)8-1/h10H,6H2,(H5,4,5,7,8,9). The van der Waals surface area contributed by atoms with Crippen LogP contribution in [0.25, 0.3) is 0 Å². The van der Waals surface area contributed by atoms with Crippen molar-refractivity contribution >= 4 is 11.9 Å². The summed E-state index contributed by atoms with van der Waals surface area (Å²) in [6.45, 7) is 0. The molecule has 7 nitrogen and oxygen atoms in total. The summed E-state index contributed by atoms with van der Waals surface area (Å²) in [6, 6.07) is 0. The van der Waals surface area contributed by atoms with E-state index in [0.29, 0.717) is 0 Å². The summed E-state index contributed by atoms with van der Waals surface area (Å²) in [5, 5.41) is 11.3. The van der Waals surface area contributed by atoms with Gasteiger partial charge in [0.25, 0.3) is 0 Å². The van der Waals surface area contributed by atoms with Crippen molar-refractivity contribution in [3.8, 4) is 0 Å². The maximum atomic E-state index is 8.92. The summed E-state index contributed by atoms with van der Waals surface area (Å²) in [5.41, 5.74) is 15.3. The van der Waals surface area contributed by atoms with Gasteiger partial charge in [-0.05, 0) is 0 Å². The third-order valence-electron chi connectivity index (χ3n) is 0.826. The summed E-state index contributed by atoms with van der Waals surface area (Å²) in [4.78, 5) is 6.63. The average Bonchev–Trinajstić information content (AvgIpc) is 1.54. The number of nitrogens with one attached hydrogen (secondary N) is 1. The van der Waals surface area contributed by atoms with Gasteiger partial charge in [0.15, 0.2) is 0 Å². The van der Waals surface area contributed by atoms with Crippen LogP contribution >= 0.6 is 0 Å². The molecule has 0 spiro atoms. The smallest absolute Gasteiger partial charge is 0.321 e. The molecule has 7 heteroatoms. The molecule has 1 aliphatic heterocycles. The van der Waals surface area contributed by atoms with Crippen molar-refractivity contribution in [2.45, 2.75) is 5.97 Å². The molecule has 0 radical (unpaired) electrons. The SMILES string of the molecule is NC1=NC(N)(O)N=C(N)N1. The molecule has 0 unspecified atom stereocenters. The highest BCUT2D eigenvalue weighted by Gasteiger charge is 2.23. The Morgan fingerprint density at radius 2 is 1.70 bits per heavy atom. The molecule has 1 aliphatic rings. The lowest BCUT2D eigenvalue weighted by Gasteiger charge is -2.19. The Kier molecular flexibility index (Phi) is 1.23. The lowest BCUT2D eigenvalue weighted by molar-refractivity contribution is 0.0643. The van der Waals surface area contributed by atoms with Gasteiger partial charge in [-0.15, -0.1) is 0 Å². The van der Waals surface area contributed by atoms with Gasteiger partial charge in [0.1, 0.15) is 0 Å². The first-order valence-electron chi connectivity index (χ1n) is 2.48. The molecule has 0 aromatic carbocycles. The van der Waals surface area contributed by atoms with E-state index in [2.05, 4.69) is 15.3 Å². The summed E-state index contributed by atoms with van der Waals surface area (Å²) >= 11 is 0. The zero-order valence-electron chi connectivity index (χ0n) is 5.07. The molecular weight excluding hydrogens is 136 g/mol. The molecule has 8 N–H and O–H groups in total. The lowest BCUT2D eigenvalue weighted by atomic mass is 10.7. The van der Waals surface area contributed by atoms with Crippen LogP contribution in [0.5, 0.6) is 0 Å². The summed E-state index contributed by atoms with van der Waals surface area (Å²) in [7, 11) is 0. The van der Waals surface area contributed by atoms with Gasteiger partial charge in [0.05, 0.1) is 0 Å². The topological polar surface area (TPSA) is 135 Å². The van der Waals surface area contributed by atoms with Crippen LogP contribution < -0.4 is 22.5 Å². The number of aliphatic hydroxyl groups is 1. The average molecular weight is 144 g/mol. The fraction of sp³-hybridized carbons (Fsp3) is 0.333. The van der Waals surface area contributed by atoms with Gasteiger partial charge < -0.3 is 16.6 Å². The van der Waals surface area contributed by atoms with Crippen LogP contribution in [0.2, 0.25) is 0 Å². The van der Waals surface area contributed by atoms with Crippen LogP contribution in [-0.4, -0.2) is 23.0 Å². The highest BCUT2D eigenvalue weighted by molar-refractivity contribution is 5.98. The quantitative estimate of drug-likeness (QED) is 0.228. The maximum Gasteiger partial charge on any atom is 0.321 e. The molecule has 0 saturated carbocycles. The Balaban J connectivity index is 2.88. The third kappa shape index (κ3) is 1.33. The fourth-order valence-corrected chi connectivity index (χ4v) is 0.567. The minimum absolute atomic E-state index is 0.0579. The minimum Gasteiger partial charge on any atom is -0.369 e. The minimum atomic E-state index is -2.01. The zero-order chi connectivity index (χ0) is 7.78. The Morgan fingerprint density at radius 3 is 2.00 bits per heavy atom.